The van der Waals surface area contributed by atoms with Crippen molar-refractivity contribution >= 4 is 17.4 Å². The van der Waals surface area contributed by atoms with Gasteiger partial charge < -0.3 is 14.8 Å². The van der Waals surface area contributed by atoms with Crippen molar-refractivity contribution in [2.24, 2.45) is 0 Å². The van der Waals surface area contributed by atoms with Gasteiger partial charge in [-0.1, -0.05) is 19.1 Å². The van der Waals surface area contributed by atoms with Gasteiger partial charge in [0.1, 0.15) is 11.5 Å². The van der Waals surface area contributed by atoms with Crippen molar-refractivity contribution in [3.63, 3.8) is 0 Å². The van der Waals surface area contributed by atoms with Gasteiger partial charge in [-0.2, -0.15) is 0 Å². The summed E-state index contributed by atoms with van der Waals surface area (Å²) >= 11 is 0. The van der Waals surface area contributed by atoms with Crippen molar-refractivity contribution in [2.75, 3.05) is 12.4 Å². The summed E-state index contributed by atoms with van der Waals surface area (Å²) < 4.78 is 10.8. The molecule has 2 aromatic rings. The lowest BCUT2D eigenvalue weighted by molar-refractivity contribution is -0.122. The van der Waals surface area contributed by atoms with E-state index in [1.807, 2.05) is 19.1 Å². The number of Topliss-reactive ketones (excluding diaryl/α,β-unsaturated/α-hetero) is 1. The predicted molar refractivity (Wildman–Crippen MR) is 92.8 cm³/mol. The number of hydrogen-bond acceptors (Lipinski definition) is 4. The topological polar surface area (TPSA) is 64.6 Å². The zero-order valence-corrected chi connectivity index (χ0v) is 14.0. The van der Waals surface area contributed by atoms with Crippen LogP contribution in [0.15, 0.2) is 48.5 Å². The van der Waals surface area contributed by atoms with Crippen molar-refractivity contribution in [3.8, 4) is 11.5 Å². The molecule has 24 heavy (non-hydrogen) atoms. The van der Waals surface area contributed by atoms with Gasteiger partial charge in [-0.15, -0.1) is 0 Å². The van der Waals surface area contributed by atoms with E-state index in [-0.39, 0.29) is 11.7 Å². The number of para-hydroxylation sites is 2. The Balaban J connectivity index is 2.00. The Morgan fingerprint density at radius 3 is 2.38 bits per heavy atom. The fraction of sp³-hybridized carbons (Fsp3) is 0.263. The average molecular weight is 327 g/mol. The van der Waals surface area contributed by atoms with E-state index in [2.05, 4.69) is 5.32 Å². The van der Waals surface area contributed by atoms with Crippen LogP contribution in [0.3, 0.4) is 0 Å². The van der Waals surface area contributed by atoms with Gasteiger partial charge >= 0.3 is 0 Å². The number of carbonyl (C=O) groups excluding carboxylic acids is 2. The van der Waals surface area contributed by atoms with Crippen molar-refractivity contribution in [1.29, 1.82) is 0 Å². The zero-order chi connectivity index (χ0) is 17.5. The third kappa shape index (κ3) is 4.35. The van der Waals surface area contributed by atoms with Crippen LogP contribution >= 0.6 is 0 Å². The third-order valence-corrected chi connectivity index (χ3v) is 3.54. The standard InChI is InChI=1S/C19H21NO4/c1-4-17(21)14-9-11-15(12-10-14)24-13(2)19(22)20-16-7-5-6-8-18(16)23-3/h5-13H,4H2,1-3H3,(H,20,22)/t13-/m0/s1. The minimum atomic E-state index is -0.692. The van der Waals surface area contributed by atoms with E-state index >= 15 is 0 Å². The van der Waals surface area contributed by atoms with Crippen LogP contribution in [0.4, 0.5) is 5.69 Å². The molecule has 1 amide bonds. The number of nitrogens with one attached hydrogen (secondary N) is 1. The van der Waals surface area contributed by atoms with E-state index < -0.39 is 6.10 Å². The summed E-state index contributed by atoms with van der Waals surface area (Å²) in [5.41, 5.74) is 1.22. The number of carbonyl (C=O) groups is 2. The maximum Gasteiger partial charge on any atom is 0.265 e. The molecule has 0 unspecified atom stereocenters. The fourth-order valence-corrected chi connectivity index (χ4v) is 2.16. The molecule has 0 aliphatic rings. The van der Waals surface area contributed by atoms with Gasteiger partial charge in [-0.05, 0) is 43.3 Å². The second kappa shape index (κ2) is 8.15. The molecule has 0 saturated carbocycles. The Hall–Kier alpha value is -2.82. The summed E-state index contributed by atoms with van der Waals surface area (Å²) in [6, 6.07) is 13.9. The van der Waals surface area contributed by atoms with Crippen molar-refractivity contribution in [2.45, 2.75) is 26.4 Å². The molecule has 1 atom stereocenters. The highest BCUT2D eigenvalue weighted by atomic mass is 16.5. The molecule has 0 saturated heterocycles. The van der Waals surface area contributed by atoms with Crippen LogP contribution in [0.2, 0.25) is 0 Å². The van der Waals surface area contributed by atoms with Gasteiger partial charge in [0.25, 0.3) is 5.91 Å². The summed E-state index contributed by atoms with van der Waals surface area (Å²) in [4.78, 5) is 23.9. The molecule has 0 aliphatic carbocycles. The molecule has 0 aromatic heterocycles. The van der Waals surface area contributed by atoms with Gasteiger partial charge in [-0.25, -0.2) is 0 Å². The lowest BCUT2D eigenvalue weighted by Gasteiger charge is -2.16. The quantitative estimate of drug-likeness (QED) is 0.788. The molecule has 0 radical (unpaired) electrons. The van der Waals surface area contributed by atoms with E-state index in [1.54, 1.807) is 50.4 Å². The van der Waals surface area contributed by atoms with Crippen LogP contribution in [0, 0.1) is 0 Å². The summed E-state index contributed by atoms with van der Waals surface area (Å²) in [6.07, 6.45) is -0.236. The van der Waals surface area contributed by atoms with E-state index in [4.69, 9.17) is 9.47 Å². The second-order valence-corrected chi connectivity index (χ2v) is 5.25. The van der Waals surface area contributed by atoms with E-state index in [0.29, 0.717) is 29.2 Å². The number of methoxy groups -OCH3 is 1. The first-order valence-corrected chi connectivity index (χ1v) is 7.79. The normalized spacial score (nSPS) is 11.5. The number of anilines is 1. The van der Waals surface area contributed by atoms with Gasteiger partial charge in [0.2, 0.25) is 0 Å². The number of ketones is 1. The van der Waals surface area contributed by atoms with Crippen LogP contribution in [-0.2, 0) is 4.79 Å². The number of ether oxygens (including phenoxy) is 2. The van der Waals surface area contributed by atoms with Crippen LogP contribution < -0.4 is 14.8 Å². The lowest BCUT2D eigenvalue weighted by Crippen LogP contribution is -2.30. The summed E-state index contributed by atoms with van der Waals surface area (Å²) in [5.74, 6) is 0.905. The van der Waals surface area contributed by atoms with Gasteiger partial charge in [0, 0.05) is 12.0 Å². The first-order chi connectivity index (χ1) is 11.5. The summed E-state index contributed by atoms with van der Waals surface area (Å²) in [7, 11) is 1.55. The average Bonchev–Trinajstić information content (AvgIpc) is 2.62. The monoisotopic (exact) mass is 327 g/mol. The van der Waals surface area contributed by atoms with Gasteiger partial charge in [0.15, 0.2) is 11.9 Å². The molecule has 0 aliphatic heterocycles. The Morgan fingerprint density at radius 1 is 1.08 bits per heavy atom. The molecule has 5 heteroatoms. The molecular weight excluding hydrogens is 306 g/mol. The molecule has 2 rings (SSSR count). The maximum atomic E-state index is 12.3. The first kappa shape index (κ1) is 17.5. The number of rotatable bonds is 7. The Morgan fingerprint density at radius 2 is 1.75 bits per heavy atom. The minimum absolute atomic E-state index is 0.0727. The summed E-state index contributed by atoms with van der Waals surface area (Å²) in [5, 5.41) is 2.78. The lowest BCUT2D eigenvalue weighted by atomic mass is 10.1. The predicted octanol–water partition coefficient (Wildman–Crippen LogP) is 3.69. The molecule has 126 valence electrons. The molecular formula is C19H21NO4. The Kier molecular flexibility index (Phi) is 5.95. The highest BCUT2D eigenvalue weighted by Gasteiger charge is 2.16. The Labute approximate surface area is 141 Å². The number of amides is 1. The maximum absolute atomic E-state index is 12.3. The summed E-state index contributed by atoms with van der Waals surface area (Å²) in [6.45, 7) is 3.48. The number of benzene rings is 2. The van der Waals surface area contributed by atoms with Gasteiger partial charge in [0.05, 0.1) is 12.8 Å². The molecule has 0 fully saturated rings. The van der Waals surface area contributed by atoms with E-state index in [9.17, 15) is 9.59 Å². The van der Waals surface area contributed by atoms with Crippen molar-refractivity contribution < 1.29 is 19.1 Å². The molecule has 0 heterocycles. The van der Waals surface area contributed by atoms with Gasteiger partial charge in [-0.3, -0.25) is 9.59 Å². The van der Waals surface area contributed by atoms with Crippen LogP contribution in [0.5, 0.6) is 11.5 Å². The Bertz CT molecular complexity index is 710. The zero-order valence-electron chi connectivity index (χ0n) is 14.0. The van der Waals surface area contributed by atoms with Crippen LogP contribution in [0.1, 0.15) is 30.6 Å². The SMILES string of the molecule is CCC(=O)c1ccc(O[C@@H](C)C(=O)Nc2ccccc2OC)cc1. The highest BCUT2D eigenvalue weighted by molar-refractivity contribution is 5.96. The van der Waals surface area contributed by atoms with Crippen molar-refractivity contribution in [1.82, 2.24) is 0 Å². The molecule has 5 nitrogen and oxygen atoms in total. The molecule has 2 aromatic carbocycles. The number of hydrogen-bond donors (Lipinski definition) is 1. The molecule has 1 N–H and O–H groups in total. The molecule has 0 spiro atoms. The van der Waals surface area contributed by atoms with E-state index in [1.165, 1.54) is 0 Å². The minimum Gasteiger partial charge on any atom is -0.495 e. The highest BCUT2D eigenvalue weighted by Crippen LogP contribution is 2.23. The largest absolute Gasteiger partial charge is 0.495 e. The molecule has 0 bridgehead atoms. The fourth-order valence-electron chi connectivity index (χ4n) is 2.16. The van der Waals surface area contributed by atoms with Crippen LogP contribution in [-0.4, -0.2) is 24.9 Å². The van der Waals surface area contributed by atoms with E-state index in [0.717, 1.165) is 0 Å². The third-order valence-electron chi connectivity index (χ3n) is 3.54. The second-order valence-electron chi connectivity index (χ2n) is 5.25. The first-order valence-electron chi connectivity index (χ1n) is 7.79. The van der Waals surface area contributed by atoms with Crippen molar-refractivity contribution in [3.05, 3.63) is 54.1 Å². The smallest absolute Gasteiger partial charge is 0.265 e. The van der Waals surface area contributed by atoms with Crippen LogP contribution in [0.25, 0.3) is 0 Å².